The summed E-state index contributed by atoms with van der Waals surface area (Å²) < 4.78 is 23.9. The lowest BCUT2D eigenvalue weighted by Gasteiger charge is -2.15. The van der Waals surface area contributed by atoms with Crippen molar-refractivity contribution in [2.75, 3.05) is 25.9 Å². The third-order valence-corrected chi connectivity index (χ3v) is 3.65. The molecule has 14 heavy (non-hydrogen) atoms. The van der Waals surface area contributed by atoms with Crippen molar-refractivity contribution in [1.29, 1.82) is 0 Å². The summed E-state index contributed by atoms with van der Waals surface area (Å²) in [5.41, 5.74) is 5.20. The van der Waals surface area contributed by atoms with Crippen molar-refractivity contribution in [3.05, 3.63) is 0 Å². The molecular weight excluding hydrogens is 208 g/mol. The molecule has 0 heterocycles. The first-order chi connectivity index (χ1) is 6.40. The second-order valence-corrected chi connectivity index (χ2v) is 5.12. The van der Waals surface area contributed by atoms with Gasteiger partial charge in [0.2, 0.25) is 10.0 Å². The van der Waals surface area contributed by atoms with Gasteiger partial charge in [-0.25, -0.2) is 12.7 Å². The molecular formula is C7H16N2O4S. The molecule has 3 N–H and O–H groups in total. The highest BCUT2D eigenvalue weighted by Crippen LogP contribution is 2.01. The van der Waals surface area contributed by atoms with Crippen LogP contribution in [0.3, 0.4) is 0 Å². The molecule has 0 aliphatic heterocycles. The van der Waals surface area contributed by atoms with E-state index in [-0.39, 0.29) is 31.7 Å². The molecule has 0 aliphatic carbocycles. The fraction of sp³-hybridized carbons (Fsp3) is 0.857. The lowest BCUT2D eigenvalue weighted by atomic mass is 10.3. The van der Waals surface area contributed by atoms with Crippen LogP contribution in [0.2, 0.25) is 0 Å². The van der Waals surface area contributed by atoms with Crippen molar-refractivity contribution in [2.24, 2.45) is 5.73 Å². The molecule has 0 atom stereocenters. The summed E-state index contributed by atoms with van der Waals surface area (Å²) in [6.45, 7) is 0.518. The van der Waals surface area contributed by atoms with Crippen molar-refractivity contribution in [3.8, 4) is 0 Å². The number of nitrogens with two attached hydrogens (primary N) is 1. The van der Waals surface area contributed by atoms with E-state index in [4.69, 9.17) is 10.8 Å². The Labute approximate surface area is 83.7 Å². The Morgan fingerprint density at radius 2 is 2.07 bits per heavy atom. The van der Waals surface area contributed by atoms with Crippen LogP contribution in [0.4, 0.5) is 0 Å². The molecule has 0 unspecified atom stereocenters. The SMILES string of the molecule is CN(CCN)S(=O)(=O)CCCC(=O)O. The lowest BCUT2D eigenvalue weighted by molar-refractivity contribution is -0.137. The van der Waals surface area contributed by atoms with Gasteiger partial charge in [-0.3, -0.25) is 4.79 Å². The van der Waals surface area contributed by atoms with Crippen molar-refractivity contribution in [3.63, 3.8) is 0 Å². The minimum Gasteiger partial charge on any atom is -0.481 e. The molecule has 0 saturated heterocycles. The number of carboxylic acids is 1. The van der Waals surface area contributed by atoms with E-state index >= 15 is 0 Å². The molecule has 0 aromatic carbocycles. The molecule has 0 aromatic heterocycles. The zero-order valence-electron chi connectivity index (χ0n) is 8.14. The highest BCUT2D eigenvalue weighted by Gasteiger charge is 2.16. The predicted molar refractivity (Wildman–Crippen MR) is 52.3 cm³/mol. The number of hydrogen-bond donors (Lipinski definition) is 2. The van der Waals surface area contributed by atoms with Crippen LogP contribution in [0.5, 0.6) is 0 Å². The average molecular weight is 224 g/mol. The molecule has 0 rings (SSSR count). The minimum atomic E-state index is -3.33. The Morgan fingerprint density at radius 1 is 1.50 bits per heavy atom. The topological polar surface area (TPSA) is 101 Å². The van der Waals surface area contributed by atoms with E-state index in [1.54, 1.807) is 0 Å². The number of sulfonamides is 1. The molecule has 84 valence electrons. The van der Waals surface area contributed by atoms with E-state index in [1.807, 2.05) is 0 Å². The highest BCUT2D eigenvalue weighted by atomic mass is 32.2. The quantitative estimate of drug-likeness (QED) is 0.582. The van der Waals surface area contributed by atoms with Crippen molar-refractivity contribution in [1.82, 2.24) is 4.31 Å². The maximum atomic E-state index is 11.4. The molecule has 0 saturated carbocycles. The molecule has 7 heteroatoms. The largest absolute Gasteiger partial charge is 0.481 e. The maximum absolute atomic E-state index is 11.4. The first-order valence-electron chi connectivity index (χ1n) is 4.26. The van der Waals surface area contributed by atoms with E-state index in [9.17, 15) is 13.2 Å². The summed E-state index contributed by atoms with van der Waals surface area (Å²) in [5.74, 6) is -1.13. The van der Waals surface area contributed by atoms with E-state index < -0.39 is 16.0 Å². The molecule has 6 nitrogen and oxygen atoms in total. The fourth-order valence-corrected chi connectivity index (χ4v) is 2.09. The molecule has 0 aliphatic rings. The number of rotatable bonds is 7. The highest BCUT2D eigenvalue weighted by molar-refractivity contribution is 7.89. The Hall–Kier alpha value is -0.660. The summed E-state index contributed by atoms with van der Waals surface area (Å²) >= 11 is 0. The summed E-state index contributed by atoms with van der Waals surface area (Å²) in [5, 5.41) is 8.32. The van der Waals surface area contributed by atoms with Gasteiger partial charge in [0.1, 0.15) is 0 Å². The van der Waals surface area contributed by atoms with E-state index in [2.05, 4.69) is 0 Å². The zero-order valence-corrected chi connectivity index (χ0v) is 8.96. The number of carbonyl (C=O) groups is 1. The van der Waals surface area contributed by atoms with Gasteiger partial charge in [0.05, 0.1) is 5.75 Å². The number of carboxylic acid groups (broad SMARTS) is 1. The van der Waals surface area contributed by atoms with Gasteiger partial charge in [0.15, 0.2) is 0 Å². The molecule has 0 radical (unpaired) electrons. The number of aliphatic carboxylic acids is 1. The van der Waals surface area contributed by atoms with Gasteiger partial charge < -0.3 is 10.8 Å². The van der Waals surface area contributed by atoms with Gasteiger partial charge in [-0.05, 0) is 6.42 Å². The normalized spacial score (nSPS) is 11.9. The third-order valence-electron chi connectivity index (χ3n) is 1.71. The first kappa shape index (κ1) is 13.3. The molecule has 0 bridgehead atoms. The minimum absolute atomic E-state index is 0.129. The van der Waals surface area contributed by atoms with Crippen LogP contribution in [0, 0.1) is 0 Å². The molecule has 0 aromatic rings. The van der Waals surface area contributed by atoms with Crippen LogP contribution >= 0.6 is 0 Å². The molecule has 0 spiro atoms. The lowest BCUT2D eigenvalue weighted by Crippen LogP contribution is -2.33. The van der Waals surface area contributed by atoms with Gasteiger partial charge in [0, 0.05) is 26.6 Å². The van der Waals surface area contributed by atoms with Gasteiger partial charge in [-0.1, -0.05) is 0 Å². The van der Waals surface area contributed by atoms with Crippen LogP contribution in [0.1, 0.15) is 12.8 Å². The number of likely N-dealkylation sites (N-methyl/N-ethyl adjacent to an activating group) is 1. The van der Waals surface area contributed by atoms with E-state index in [0.717, 1.165) is 4.31 Å². The zero-order chi connectivity index (χ0) is 11.2. The van der Waals surface area contributed by atoms with Crippen LogP contribution < -0.4 is 5.73 Å². The Morgan fingerprint density at radius 3 is 2.50 bits per heavy atom. The number of nitrogens with zero attached hydrogens (tertiary/aromatic N) is 1. The van der Waals surface area contributed by atoms with Crippen LogP contribution in [0.15, 0.2) is 0 Å². The molecule has 0 fully saturated rings. The fourth-order valence-electron chi connectivity index (χ4n) is 0.883. The standard InChI is InChI=1S/C7H16N2O4S/c1-9(5-4-8)14(12,13)6-2-3-7(10)11/h2-6,8H2,1H3,(H,10,11). The predicted octanol–water partition coefficient (Wildman–Crippen LogP) is -0.928. The van der Waals surface area contributed by atoms with Crippen molar-refractivity contribution in [2.45, 2.75) is 12.8 Å². The summed E-state index contributed by atoms with van der Waals surface area (Å²) in [6.07, 6.45) is 0.00226. The second-order valence-electron chi connectivity index (χ2n) is 2.92. The Bertz CT molecular complexity index is 275. The summed E-state index contributed by atoms with van der Waals surface area (Å²) in [4.78, 5) is 10.2. The number of hydrogen-bond acceptors (Lipinski definition) is 4. The van der Waals surface area contributed by atoms with Crippen molar-refractivity contribution < 1.29 is 18.3 Å². The average Bonchev–Trinajstić information content (AvgIpc) is 2.03. The van der Waals surface area contributed by atoms with E-state index in [0.29, 0.717) is 0 Å². The van der Waals surface area contributed by atoms with Gasteiger partial charge >= 0.3 is 5.97 Å². The van der Waals surface area contributed by atoms with Crippen LogP contribution in [-0.2, 0) is 14.8 Å². The van der Waals surface area contributed by atoms with Gasteiger partial charge in [0.25, 0.3) is 0 Å². The monoisotopic (exact) mass is 224 g/mol. The van der Waals surface area contributed by atoms with E-state index in [1.165, 1.54) is 7.05 Å². The Balaban J connectivity index is 4.01. The second kappa shape index (κ2) is 5.94. The first-order valence-corrected chi connectivity index (χ1v) is 5.87. The van der Waals surface area contributed by atoms with Crippen LogP contribution in [-0.4, -0.2) is 49.7 Å². The van der Waals surface area contributed by atoms with Crippen molar-refractivity contribution >= 4 is 16.0 Å². The maximum Gasteiger partial charge on any atom is 0.303 e. The smallest absolute Gasteiger partial charge is 0.303 e. The summed E-state index contributed by atoms with van der Waals surface area (Å²) in [7, 11) is -1.89. The third kappa shape index (κ3) is 5.15. The Kier molecular flexibility index (Phi) is 5.66. The molecule has 0 amide bonds. The van der Waals surface area contributed by atoms with Crippen LogP contribution in [0.25, 0.3) is 0 Å². The summed E-state index contributed by atoms with van der Waals surface area (Å²) in [6, 6.07) is 0. The van der Waals surface area contributed by atoms with Gasteiger partial charge in [-0.2, -0.15) is 0 Å². The van der Waals surface area contributed by atoms with Gasteiger partial charge in [-0.15, -0.1) is 0 Å².